The average molecular weight is 416 g/mol. The number of carbonyl (C=O) groups is 1. The first-order valence-electron chi connectivity index (χ1n) is 9.30. The number of thiophene rings is 1. The van der Waals surface area contributed by atoms with Crippen molar-refractivity contribution >= 4 is 29.5 Å². The summed E-state index contributed by atoms with van der Waals surface area (Å²) in [5.74, 6) is 0.131. The number of carbonyl (C=O) groups excluding carboxylic acids is 1. The van der Waals surface area contributed by atoms with Crippen molar-refractivity contribution in [2.24, 2.45) is 0 Å². The SMILES string of the molecule is Cc1ccc(C)c(-n2nnn(C[NH+]3CCN(C(=O)c4cccs4)CC3)c2=S)c1. The van der Waals surface area contributed by atoms with Gasteiger partial charge in [0.15, 0.2) is 6.67 Å². The summed E-state index contributed by atoms with van der Waals surface area (Å²) in [5.41, 5.74) is 3.24. The molecule has 0 spiro atoms. The van der Waals surface area contributed by atoms with Crippen LogP contribution in [0.3, 0.4) is 0 Å². The molecular formula is C19H23N6OS2+. The van der Waals surface area contributed by atoms with E-state index in [4.69, 9.17) is 12.2 Å². The Kier molecular flexibility index (Phi) is 5.38. The molecule has 1 aromatic carbocycles. The Morgan fingerprint density at radius 2 is 2.00 bits per heavy atom. The number of hydrogen-bond donors (Lipinski definition) is 1. The second-order valence-corrected chi connectivity index (χ2v) is 8.45. The highest BCUT2D eigenvalue weighted by atomic mass is 32.1. The zero-order valence-electron chi connectivity index (χ0n) is 16.0. The Morgan fingerprint density at radius 3 is 2.71 bits per heavy atom. The fourth-order valence-corrected chi connectivity index (χ4v) is 4.35. The van der Waals surface area contributed by atoms with Crippen molar-refractivity contribution in [3.63, 3.8) is 0 Å². The van der Waals surface area contributed by atoms with E-state index in [1.165, 1.54) is 16.2 Å². The van der Waals surface area contributed by atoms with Crippen LogP contribution in [-0.2, 0) is 6.67 Å². The molecule has 0 radical (unpaired) electrons. The summed E-state index contributed by atoms with van der Waals surface area (Å²) in [7, 11) is 0. The summed E-state index contributed by atoms with van der Waals surface area (Å²) in [6.45, 7) is 7.98. The first-order valence-corrected chi connectivity index (χ1v) is 10.6. The topological polar surface area (TPSA) is 60.4 Å². The van der Waals surface area contributed by atoms with Gasteiger partial charge in [-0.1, -0.05) is 18.2 Å². The van der Waals surface area contributed by atoms with E-state index >= 15 is 0 Å². The van der Waals surface area contributed by atoms with Crippen LogP contribution in [-0.4, -0.2) is 56.8 Å². The van der Waals surface area contributed by atoms with E-state index in [9.17, 15) is 4.79 Å². The zero-order chi connectivity index (χ0) is 19.7. The second-order valence-electron chi connectivity index (χ2n) is 7.14. The molecule has 0 saturated carbocycles. The molecule has 1 aliphatic heterocycles. The summed E-state index contributed by atoms with van der Waals surface area (Å²) in [4.78, 5) is 16.6. The smallest absolute Gasteiger partial charge is 0.264 e. The summed E-state index contributed by atoms with van der Waals surface area (Å²) in [5, 5.41) is 10.5. The van der Waals surface area contributed by atoms with Gasteiger partial charge in [-0.2, -0.15) is 9.36 Å². The first-order chi connectivity index (χ1) is 13.5. The van der Waals surface area contributed by atoms with Crippen LogP contribution in [0.4, 0.5) is 0 Å². The van der Waals surface area contributed by atoms with Crippen molar-refractivity contribution in [1.29, 1.82) is 0 Å². The van der Waals surface area contributed by atoms with Crippen LogP contribution in [0.25, 0.3) is 5.69 Å². The number of piperazine rings is 1. The van der Waals surface area contributed by atoms with Gasteiger partial charge < -0.3 is 9.80 Å². The molecular weight excluding hydrogens is 392 g/mol. The molecule has 28 heavy (non-hydrogen) atoms. The fraction of sp³-hybridized carbons (Fsp3) is 0.368. The van der Waals surface area contributed by atoms with Crippen LogP contribution < -0.4 is 4.90 Å². The van der Waals surface area contributed by atoms with Gasteiger partial charge >= 0.3 is 0 Å². The van der Waals surface area contributed by atoms with Crippen LogP contribution in [0.5, 0.6) is 0 Å². The number of aryl methyl sites for hydroxylation is 2. The number of tetrazole rings is 1. The van der Waals surface area contributed by atoms with Crippen molar-refractivity contribution in [1.82, 2.24) is 24.7 Å². The number of aromatic nitrogens is 4. The molecule has 3 heterocycles. The maximum absolute atomic E-state index is 12.5. The third kappa shape index (κ3) is 3.78. The third-order valence-electron chi connectivity index (χ3n) is 5.10. The minimum Gasteiger partial charge on any atom is -0.327 e. The summed E-state index contributed by atoms with van der Waals surface area (Å²) in [6.07, 6.45) is 0. The van der Waals surface area contributed by atoms with E-state index in [-0.39, 0.29) is 5.91 Å². The normalized spacial score (nSPS) is 15.1. The van der Waals surface area contributed by atoms with Gasteiger partial charge in [0, 0.05) is 0 Å². The van der Waals surface area contributed by atoms with Crippen LogP contribution in [0.2, 0.25) is 0 Å². The molecule has 1 fully saturated rings. The minimum atomic E-state index is 0.131. The van der Waals surface area contributed by atoms with Crippen LogP contribution in [0.1, 0.15) is 20.8 Å². The Balaban J connectivity index is 1.42. The minimum absolute atomic E-state index is 0.131. The molecule has 146 valence electrons. The Bertz CT molecular complexity index is 1030. The van der Waals surface area contributed by atoms with Gasteiger partial charge in [0.05, 0.1) is 36.7 Å². The monoisotopic (exact) mass is 415 g/mol. The lowest BCUT2D eigenvalue weighted by Crippen LogP contribution is -3.14. The lowest BCUT2D eigenvalue weighted by molar-refractivity contribution is -0.927. The quantitative estimate of drug-likeness (QED) is 0.656. The predicted molar refractivity (Wildman–Crippen MR) is 111 cm³/mol. The molecule has 0 bridgehead atoms. The molecule has 7 nitrogen and oxygen atoms in total. The number of rotatable bonds is 4. The molecule has 1 N–H and O–H groups in total. The first kappa shape index (κ1) is 19.0. The summed E-state index contributed by atoms with van der Waals surface area (Å²) < 4.78 is 4.11. The number of hydrogen-bond acceptors (Lipinski definition) is 5. The second kappa shape index (κ2) is 7.94. The lowest BCUT2D eigenvalue weighted by Gasteiger charge is -2.31. The number of amides is 1. The van der Waals surface area contributed by atoms with E-state index < -0.39 is 0 Å². The van der Waals surface area contributed by atoms with Crippen molar-refractivity contribution in [2.75, 3.05) is 26.2 Å². The number of benzene rings is 1. The zero-order valence-corrected chi connectivity index (χ0v) is 17.6. The summed E-state index contributed by atoms with van der Waals surface area (Å²) in [6, 6.07) is 10.0. The predicted octanol–water partition coefficient (Wildman–Crippen LogP) is 1.48. The molecule has 1 saturated heterocycles. The van der Waals surface area contributed by atoms with E-state index in [1.54, 1.807) is 9.36 Å². The van der Waals surface area contributed by atoms with E-state index in [1.807, 2.05) is 29.3 Å². The van der Waals surface area contributed by atoms with Crippen LogP contribution in [0.15, 0.2) is 35.7 Å². The average Bonchev–Trinajstić information content (AvgIpc) is 3.35. The molecule has 0 atom stereocenters. The van der Waals surface area contributed by atoms with E-state index in [2.05, 4.69) is 35.5 Å². The van der Waals surface area contributed by atoms with E-state index in [0.717, 1.165) is 47.9 Å². The highest BCUT2D eigenvalue weighted by Crippen LogP contribution is 2.15. The van der Waals surface area contributed by atoms with Gasteiger partial charge in [0.1, 0.15) is 0 Å². The van der Waals surface area contributed by atoms with Gasteiger partial charge in [-0.25, -0.2) is 0 Å². The molecule has 1 aliphatic rings. The fourth-order valence-electron chi connectivity index (χ4n) is 3.42. The van der Waals surface area contributed by atoms with Crippen molar-refractivity contribution in [3.05, 3.63) is 56.5 Å². The molecule has 0 aliphatic carbocycles. The Morgan fingerprint density at radius 1 is 1.21 bits per heavy atom. The van der Waals surface area contributed by atoms with Crippen molar-refractivity contribution < 1.29 is 9.69 Å². The third-order valence-corrected chi connectivity index (χ3v) is 6.34. The highest BCUT2D eigenvalue weighted by Gasteiger charge is 2.25. The van der Waals surface area contributed by atoms with Crippen LogP contribution >= 0.6 is 23.6 Å². The Hall–Kier alpha value is -2.36. The van der Waals surface area contributed by atoms with Crippen molar-refractivity contribution in [2.45, 2.75) is 20.5 Å². The Labute approximate surface area is 172 Å². The molecule has 4 rings (SSSR count). The molecule has 3 aromatic rings. The molecule has 9 heteroatoms. The largest absolute Gasteiger partial charge is 0.327 e. The molecule has 1 amide bonds. The van der Waals surface area contributed by atoms with Gasteiger partial charge in [0.2, 0.25) is 4.77 Å². The van der Waals surface area contributed by atoms with Crippen molar-refractivity contribution in [3.8, 4) is 5.69 Å². The lowest BCUT2D eigenvalue weighted by atomic mass is 10.1. The number of nitrogens with zero attached hydrogens (tertiary/aromatic N) is 5. The highest BCUT2D eigenvalue weighted by molar-refractivity contribution is 7.71. The molecule has 2 aromatic heterocycles. The maximum Gasteiger partial charge on any atom is 0.264 e. The van der Waals surface area contributed by atoms with Gasteiger partial charge in [-0.15, -0.1) is 11.3 Å². The van der Waals surface area contributed by atoms with Crippen LogP contribution in [0, 0.1) is 18.6 Å². The van der Waals surface area contributed by atoms with E-state index in [0.29, 0.717) is 11.4 Å². The van der Waals surface area contributed by atoms with Gasteiger partial charge in [-0.3, -0.25) is 4.79 Å². The summed E-state index contributed by atoms with van der Waals surface area (Å²) >= 11 is 7.12. The number of nitrogens with one attached hydrogen (secondary N) is 1. The van der Waals surface area contributed by atoms with Gasteiger partial charge in [0.25, 0.3) is 5.91 Å². The number of quaternary nitrogens is 1. The standard InChI is InChI=1S/C19H22N6OS2/c1-14-5-6-15(2)16(12-14)25-19(27)24(20-21-25)13-22-7-9-23(10-8-22)18(26)17-4-3-11-28-17/h3-6,11-12H,7-10,13H2,1-2H3/p+1. The molecule has 0 unspecified atom stereocenters. The maximum atomic E-state index is 12.5. The van der Waals surface area contributed by atoms with Gasteiger partial charge in [-0.05, 0) is 65.1 Å².